The van der Waals surface area contributed by atoms with Crippen molar-refractivity contribution in [3.8, 4) is 0 Å². The number of nitrogens with one attached hydrogen (secondary N) is 1. The first kappa shape index (κ1) is 22.0. The summed E-state index contributed by atoms with van der Waals surface area (Å²) >= 11 is 1.81. The van der Waals surface area contributed by atoms with Crippen molar-refractivity contribution in [2.45, 2.75) is 35.5 Å². The minimum atomic E-state index is 0. The van der Waals surface area contributed by atoms with Gasteiger partial charge < -0.3 is 15.1 Å². The minimum absolute atomic E-state index is 0. The third-order valence-electron chi connectivity index (χ3n) is 5.85. The van der Waals surface area contributed by atoms with Crippen LogP contribution in [0, 0.1) is 5.92 Å². The number of rotatable bonds is 6. The number of anilines is 2. The van der Waals surface area contributed by atoms with Crippen LogP contribution in [0.2, 0.25) is 0 Å². The molecule has 6 heteroatoms. The molecule has 4 nitrogen and oxygen atoms in total. The number of halogens is 1. The van der Waals surface area contributed by atoms with E-state index in [-0.39, 0.29) is 12.4 Å². The van der Waals surface area contributed by atoms with Crippen LogP contribution < -0.4 is 10.2 Å². The number of likely N-dealkylation sites (tertiary alicyclic amines) is 1. The number of para-hydroxylation sites is 2. The Balaban J connectivity index is 0.00000240. The topological polar surface area (TPSA) is 35.6 Å². The number of amides is 1. The second-order valence-electron chi connectivity index (χ2n) is 7.66. The number of piperidine rings is 1. The van der Waals surface area contributed by atoms with Gasteiger partial charge in [-0.25, -0.2) is 0 Å². The average molecular weight is 432 g/mol. The lowest BCUT2D eigenvalue weighted by molar-refractivity contribution is -0.132. The fourth-order valence-corrected chi connectivity index (χ4v) is 5.30. The summed E-state index contributed by atoms with van der Waals surface area (Å²) in [6.45, 7) is 3.63. The molecule has 156 valence electrons. The first-order valence-electron chi connectivity index (χ1n) is 10.3. The predicted octanol–water partition coefficient (Wildman–Crippen LogP) is 4.95. The zero-order valence-electron chi connectivity index (χ0n) is 17.0. The van der Waals surface area contributed by atoms with Crippen LogP contribution in [0.3, 0.4) is 0 Å². The van der Waals surface area contributed by atoms with Crippen LogP contribution in [0.4, 0.5) is 11.4 Å². The zero-order chi connectivity index (χ0) is 19.3. The Hall–Kier alpha value is -1.69. The van der Waals surface area contributed by atoms with Gasteiger partial charge in [-0.05, 0) is 63.0 Å². The Morgan fingerprint density at radius 2 is 1.62 bits per heavy atom. The van der Waals surface area contributed by atoms with E-state index in [1.807, 2.05) is 18.8 Å². The molecule has 0 atom stereocenters. The molecular formula is C23H30ClN3OS. The SMILES string of the molecule is CNCCC1CCN(C(=O)CCN2c3ccccc3Sc3ccccc32)CC1.Cl. The molecule has 2 aliphatic heterocycles. The van der Waals surface area contributed by atoms with E-state index in [2.05, 4.69) is 63.6 Å². The highest BCUT2D eigenvalue weighted by atomic mass is 35.5. The predicted molar refractivity (Wildman–Crippen MR) is 124 cm³/mol. The highest BCUT2D eigenvalue weighted by Gasteiger charge is 2.26. The molecule has 0 unspecified atom stereocenters. The maximum Gasteiger partial charge on any atom is 0.224 e. The van der Waals surface area contributed by atoms with Gasteiger partial charge >= 0.3 is 0 Å². The summed E-state index contributed by atoms with van der Waals surface area (Å²) in [5.41, 5.74) is 2.43. The Labute approximate surface area is 184 Å². The third-order valence-corrected chi connectivity index (χ3v) is 6.98. The number of carbonyl (C=O) groups is 1. The molecular weight excluding hydrogens is 402 g/mol. The first-order valence-corrected chi connectivity index (χ1v) is 11.1. The van der Waals surface area contributed by atoms with Crippen molar-refractivity contribution in [1.29, 1.82) is 0 Å². The van der Waals surface area contributed by atoms with Crippen LogP contribution in [-0.2, 0) is 4.79 Å². The van der Waals surface area contributed by atoms with E-state index in [0.717, 1.165) is 44.9 Å². The Morgan fingerprint density at radius 3 is 2.21 bits per heavy atom. The van der Waals surface area contributed by atoms with Gasteiger partial charge in [0.05, 0.1) is 11.4 Å². The molecule has 0 spiro atoms. The summed E-state index contributed by atoms with van der Waals surface area (Å²) in [6.07, 6.45) is 4.06. The molecule has 2 aromatic rings. The second-order valence-corrected chi connectivity index (χ2v) is 8.74. The molecule has 0 bridgehead atoms. The summed E-state index contributed by atoms with van der Waals surface area (Å²) in [5.74, 6) is 1.05. The molecule has 0 radical (unpaired) electrons. The van der Waals surface area contributed by atoms with Crippen LogP contribution in [0.25, 0.3) is 0 Å². The largest absolute Gasteiger partial charge is 0.343 e. The average Bonchev–Trinajstić information content (AvgIpc) is 2.75. The zero-order valence-corrected chi connectivity index (χ0v) is 18.6. The van der Waals surface area contributed by atoms with E-state index in [1.165, 1.54) is 27.6 Å². The van der Waals surface area contributed by atoms with Gasteiger partial charge in [0.1, 0.15) is 0 Å². The van der Waals surface area contributed by atoms with Crippen molar-refractivity contribution in [1.82, 2.24) is 10.2 Å². The second kappa shape index (κ2) is 10.4. The number of hydrogen-bond donors (Lipinski definition) is 1. The molecule has 0 aromatic heterocycles. The number of carbonyl (C=O) groups excluding carboxylic acids is 1. The number of hydrogen-bond acceptors (Lipinski definition) is 4. The monoisotopic (exact) mass is 431 g/mol. The molecule has 4 rings (SSSR count). The molecule has 1 amide bonds. The maximum atomic E-state index is 12.9. The Kier molecular flexibility index (Phi) is 7.87. The molecule has 2 aromatic carbocycles. The quantitative estimate of drug-likeness (QED) is 0.701. The molecule has 1 N–H and O–H groups in total. The van der Waals surface area contributed by atoms with Gasteiger partial charge in [-0.2, -0.15) is 0 Å². The normalized spacial score (nSPS) is 16.0. The van der Waals surface area contributed by atoms with Gasteiger partial charge in [0.2, 0.25) is 5.91 Å². The molecule has 2 heterocycles. The molecule has 2 aliphatic rings. The third kappa shape index (κ3) is 5.08. The standard InChI is InChI=1S/C23H29N3OS.ClH/c1-24-14-10-18-11-15-25(16-12-18)23(27)13-17-26-19-6-2-4-8-21(19)28-22-9-5-3-7-20(22)26;/h2-9,18,24H,10-17H2,1H3;1H. The lowest BCUT2D eigenvalue weighted by atomic mass is 9.93. The summed E-state index contributed by atoms with van der Waals surface area (Å²) in [5, 5.41) is 3.23. The molecule has 0 aliphatic carbocycles. The van der Waals surface area contributed by atoms with Crippen molar-refractivity contribution in [3.63, 3.8) is 0 Å². The molecule has 29 heavy (non-hydrogen) atoms. The van der Waals surface area contributed by atoms with Crippen LogP contribution in [0.1, 0.15) is 25.7 Å². The number of fused-ring (bicyclic) bond motifs is 2. The lowest BCUT2D eigenvalue weighted by Crippen LogP contribution is -2.40. The van der Waals surface area contributed by atoms with Gasteiger partial charge in [-0.1, -0.05) is 36.0 Å². The van der Waals surface area contributed by atoms with Gasteiger partial charge in [-0.3, -0.25) is 4.79 Å². The van der Waals surface area contributed by atoms with Crippen molar-refractivity contribution in [3.05, 3.63) is 48.5 Å². The van der Waals surface area contributed by atoms with Gasteiger partial charge in [0.25, 0.3) is 0 Å². The maximum absolute atomic E-state index is 12.9. The fraction of sp³-hybridized carbons (Fsp3) is 0.435. The first-order chi connectivity index (χ1) is 13.8. The van der Waals surface area contributed by atoms with Crippen LogP contribution in [-0.4, -0.2) is 44.0 Å². The van der Waals surface area contributed by atoms with Crippen LogP contribution in [0.5, 0.6) is 0 Å². The Morgan fingerprint density at radius 1 is 1.03 bits per heavy atom. The molecule has 0 saturated carbocycles. The van der Waals surface area contributed by atoms with Crippen molar-refractivity contribution >= 4 is 41.5 Å². The summed E-state index contributed by atoms with van der Waals surface area (Å²) in [6, 6.07) is 17.0. The van der Waals surface area contributed by atoms with E-state index < -0.39 is 0 Å². The van der Waals surface area contributed by atoms with Gasteiger partial charge in [0.15, 0.2) is 0 Å². The smallest absolute Gasteiger partial charge is 0.224 e. The molecule has 1 fully saturated rings. The summed E-state index contributed by atoms with van der Waals surface area (Å²) in [7, 11) is 2.01. The van der Waals surface area contributed by atoms with Crippen molar-refractivity contribution in [2.24, 2.45) is 5.92 Å². The molecule has 1 saturated heterocycles. The van der Waals surface area contributed by atoms with Gasteiger partial charge in [0, 0.05) is 35.8 Å². The van der Waals surface area contributed by atoms with Gasteiger partial charge in [-0.15, -0.1) is 12.4 Å². The van der Waals surface area contributed by atoms with E-state index in [4.69, 9.17) is 0 Å². The van der Waals surface area contributed by atoms with Crippen LogP contribution in [0.15, 0.2) is 58.3 Å². The van der Waals surface area contributed by atoms with E-state index in [1.54, 1.807) is 0 Å². The Bertz CT molecular complexity index is 778. The fourth-order valence-electron chi connectivity index (χ4n) is 4.21. The van der Waals surface area contributed by atoms with Crippen molar-refractivity contribution in [2.75, 3.05) is 38.1 Å². The minimum Gasteiger partial charge on any atom is -0.343 e. The summed E-state index contributed by atoms with van der Waals surface area (Å²) < 4.78 is 0. The highest BCUT2D eigenvalue weighted by molar-refractivity contribution is 7.99. The van der Waals surface area contributed by atoms with E-state index in [9.17, 15) is 4.79 Å². The van der Waals surface area contributed by atoms with E-state index >= 15 is 0 Å². The highest BCUT2D eigenvalue weighted by Crippen LogP contribution is 2.47. The van der Waals surface area contributed by atoms with Crippen LogP contribution >= 0.6 is 24.2 Å². The summed E-state index contributed by atoms with van der Waals surface area (Å²) in [4.78, 5) is 19.8. The van der Waals surface area contributed by atoms with Crippen molar-refractivity contribution < 1.29 is 4.79 Å². The lowest BCUT2D eigenvalue weighted by Gasteiger charge is -2.35. The number of benzene rings is 2. The van der Waals surface area contributed by atoms with E-state index in [0.29, 0.717) is 12.3 Å². The number of nitrogens with zero attached hydrogens (tertiary/aromatic N) is 2.